The lowest BCUT2D eigenvalue weighted by molar-refractivity contribution is -0.118. The van der Waals surface area contributed by atoms with Gasteiger partial charge in [0.15, 0.2) is 44.7 Å². The molecule has 2 aromatic heterocycles. The highest BCUT2D eigenvalue weighted by molar-refractivity contribution is 6.74. The molecule has 1 radical (unpaired) electrons. The molecule has 8 rings (SSSR count). The SMILES string of the molecule is COc1ccc(C(OC[C@H]2[CH][C@@H](O[Si](C)(C)C(C)(C)C)[C@H](n3cnc4c(NC(=O)COc5ccccc5)nc(NC(=O)COc5ccccc5)nc43)O2)(c2ccccc2)c2ccc(OC)cc2)cc1. The third-order valence-electron chi connectivity index (χ3n) is 12.3. The van der Waals surface area contributed by atoms with Gasteiger partial charge in [0, 0.05) is 6.42 Å². The summed E-state index contributed by atoms with van der Waals surface area (Å²) < 4.78 is 45.8. The van der Waals surface area contributed by atoms with Crippen LogP contribution in [0.15, 0.2) is 146 Å². The van der Waals surface area contributed by atoms with E-state index in [0.717, 1.165) is 16.7 Å². The fourth-order valence-corrected chi connectivity index (χ4v) is 8.96. The minimum atomic E-state index is -2.48. The molecule has 2 amide bonds. The van der Waals surface area contributed by atoms with Gasteiger partial charge in [-0.15, -0.1) is 0 Å². The van der Waals surface area contributed by atoms with Crippen LogP contribution in [0, 0.1) is 6.42 Å². The summed E-state index contributed by atoms with van der Waals surface area (Å²) in [5.74, 6) is 1.38. The number of rotatable bonds is 19. The molecular formula is C53H57N6O9Si. The number of para-hydroxylation sites is 2. The number of anilines is 2. The van der Waals surface area contributed by atoms with Crippen molar-refractivity contribution in [3.8, 4) is 23.0 Å². The summed E-state index contributed by atoms with van der Waals surface area (Å²) in [7, 11) is 0.795. The number of carbonyl (C=O) groups is 2. The average Bonchev–Trinajstić information content (AvgIpc) is 3.97. The highest BCUT2D eigenvalue weighted by Crippen LogP contribution is 2.45. The normalized spacial score (nSPS) is 16.2. The van der Waals surface area contributed by atoms with E-state index in [-0.39, 0.29) is 47.8 Å². The molecule has 3 atom stereocenters. The molecule has 15 nitrogen and oxygen atoms in total. The standard InChI is InChI=1S/C53H57N6O9Si/c1-52(2,3)69(6,7)68-44-31-43(32-66-53(36-17-11-8-12-18-36,37-23-27-39(62-4)28-24-37)38-25-29-40(63-5)30-26-38)67-50(44)59-35-54-47-48(55-45(60)33-64-41-19-13-9-14-20-41)57-51(58-49(47)59)56-46(61)34-65-42-21-15-10-16-22-42/h8-31,35,43-44,50H,32-34H2,1-7H3,(H2,55,56,57,58,60,61)/t43-,44-,50-/m1/s1. The van der Waals surface area contributed by atoms with Gasteiger partial charge in [0.05, 0.1) is 39.4 Å². The molecule has 0 saturated carbocycles. The van der Waals surface area contributed by atoms with Crippen molar-refractivity contribution in [3.05, 3.63) is 169 Å². The van der Waals surface area contributed by atoms with Crippen molar-refractivity contribution in [2.24, 2.45) is 0 Å². The monoisotopic (exact) mass is 949 g/mol. The van der Waals surface area contributed by atoms with Gasteiger partial charge in [-0.05, 0) is 83.4 Å². The van der Waals surface area contributed by atoms with Crippen LogP contribution in [0.5, 0.6) is 23.0 Å². The molecule has 357 valence electrons. The van der Waals surface area contributed by atoms with Crippen molar-refractivity contribution >= 4 is 43.1 Å². The molecule has 1 saturated heterocycles. The topological polar surface area (TPSA) is 166 Å². The van der Waals surface area contributed by atoms with Crippen LogP contribution in [0.3, 0.4) is 0 Å². The number of aromatic nitrogens is 4. The van der Waals surface area contributed by atoms with Gasteiger partial charge in [-0.3, -0.25) is 19.5 Å². The maximum Gasteiger partial charge on any atom is 0.264 e. The summed E-state index contributed by atoms with van der Waals surface area (Å²) in [6.45, 7) is 10.3. The fourth-order valence-electron chi connectivity index (χ4n) is 7.73. The number of benzene rings is 5. The van der Waals surface area contributed by atoms with Crippen LogP contribution >= 0.6 is 0 Å². The lowest BCUT2D eigenvalue weighted by Crippen LogP contribution is -2.45. The Morgan fingerprint density at radius 1 is 0.667 bits per heavy atom. The number of nitrogens with one attached hydrogen (secondary N) is 2. The predicted octanol–water partition coefficient (Wildman–Crippen LogP) is 9.38. The van der Waals surface area contributed by atoms with Crippen LogP contribution in [0.2, 0.25) is 18.1 Å². The van der Waals surface area contributed by atoms with E-state index in [9.17, 15) is 9.59 Å². The molecule has 5 aromatic carbocycles. The number of imidazole rings is 1. The lowest BCUT2D eigenvalue weighted by Gasteiger charge is -2.39. The van der Waals surface area contributed by atoms with Crippen molar-refractivity contribution in [1.82, 2.24) is 19.5 Å². The van der Waals surface area contributed by atoms with Gasteiger partial charge < -0.3 is 38.2 Å². The van der Waals surface area contributed by atoms with E-state index in [1.807, 2.05) is 122 Å². The molecule has 0 unspecified atom stereocenters. The Hall–Kier alpha value is -7.11. The van der Waals surface area contributed by atoms with E-state index in [4.69, 9.17) is 42.8 Å². The molecule has 1 aliphatic heterocycles. The van der Waals surface area contributed by atoms with E-state index in [1.54, 1.807) is 49.4 Å². The van der Waals surface area contributed by atoms with Gasteiger partial charge in [-0.2, -0.15) is 9.97 Å². The van der Waals surface area contributed by atoms with Crippen molar-refractivity contribution in [2.45, 2.75) is 62.9 Å². The van der Waals surface area contributed by atoms with E-state index in [2.05, 4.69) is 49.5 Å². The molecule has 7 aromatic rings. The average molecular weight is 950 g/mol. The Bertz CT molecular complexity index is 2760. The smallest absolute Gasteiger partial charge is 0.264 e. The number of nitrogens with zero attached hydrogens (tertiary/aromatic N) is 4. The first kappa shape index (κ1) is 48.3. The van der Waals surface area contributed by atoms with Crippen molar-refractivity contribution in [2.75, 3.05) is 44.7 Å². The third kappa shape index (κ3) is 11.1. The Kier molecular flexibility index (Phi) is 14.7. The second-order valence-corrected chi connectivity index (χ2v) is 22.7. The molecule has 16 heteroatoms. The largest absolute Gasteiger partial charge is 0.497 e. The Labute approximate surface area is 403 Å². The summed E-state index contributed by atoms with van der Waals surface area (Å²) >= 11 is 0. The second kappa shape index (κ2) is 21.0. The molecule has 1 aliphatic rings. The summed E-state index contributed by atoms with van der Waals surface area (Å²) in [6, 6.07) is 43.7. The maximum absolute atomic E-state index is 13.4. The summed E-state index contributed by atoms with van der Waals surface area (Å²) in [6.07, 6.45) is 1.55. The van der Waals surface area contributed by atoms with Crippen LogP contribution < -0.4 is 29.6 Å². The number of hydrogen-bond donors (Lipinski definition) is 2. The molecule has 69 heavy (non-hydrogen) atoms. The van der Waals surface area contributed by atoms with Gasteiger partial charge in [0.1, 0.15) is 28.6 Å². The van der Waals surface area contributed by atoms with Gasteiger partial charge >= 0.3 is 0 Å². The molecule has 2 N–H and O–H groups in total. The minimum absolute atomic E-state index is 0.0510. The van der Waals surface area contributed by atoms with E-state index >= 15 is 0 Å². The molecule has 1 fully saturated rings. The van der Waals surface area contributed by atoms with E-state index < -0.39 is 44.2 Å². The lowest BCUT2D eigenvalue weighted by atomic mass is 9.80. The number of amides is 2. The number of methoxy groups -OCH3 is 2. The minimum Gasteiger partial charge on any atom is -0.497 e. The number of fused-ring (bicyclic) bond motifs is 1. The first-order valence-electron chi connectivity index (χ1n) is 22.6. The zero-order valence-corrected chi connectivity index (χ0v) is 40.8. The summed E-state index contributed by atoms with van der Waals surface area (Å²) in [5.41, 5.74) is 2.03. The molecule has 0 aliphatic carbocycles. The van der Waals surface area contributed by atoms with Crippen LogP contribution in [-0.2, 0) is 29.1 Å². The molecule has 0 spiro atoms. The number of ether oxygens (including phenoxy) is 6. The molecule has 0 bridgehead atoms. The maximum atomic E-state index is 13.4. The van der Waals surface area contributed by atoms with Crippen LogP contribution in [0.4, 0.5) is 11.8 Å². The summed E-state index contributed by atoms with van der Waals surface area (Å²) in [4.78, 5) is 40.9. The number of hydrogen-bond acceptors (Lipinski definition) is 12. The fraction of sp³-hybridized carbons (Fsp3) is 0.283. The highest BCUT2D eigenvalue weighted by atomic mass is 28.4. The quantitative estimate of drug-likeness (QED) is 0.0584. The Morgan fingerprint density at radius 3 is 1.70 bits per heavy atom. The van der Waals surface area contributed by atoms with E-state index in [1.165, 1.54) is 0 Å². The van der Waals surface area contributed by atoms with Crippen LogP contribution in [0.1, 0.15) is 43.7 Å². The second-order valence-electron chi connectivity index (χ2n) is 17.9. The molecule has 3 heterocycles. The molecular weight excluding hydrogens is 893 g/mol. The Balaban J connectivity index is 1.16. The van der Waals surface area contributed by atoms with Crippen molar-refractivity contribution in [1.29, 1.82) is 0 Å². The predicted molar refractivity (Wildman–Crippen MR) is 265 cm³/mol. The summed E-state index contributed by atoms with van der Waals surface area (Å²) in [5, 5.41) is 5.40. The Morgan fingerprint density at radius 2 is 1.17 bits per heavy atom. The zero-order valence-electron chi connectivity index (χ0n) is 39.8. The first-order valence-corrected chi connectivity index (χ1v) is 25.5. The number of carbonyl (C=O) groups excluding carboxylic acids is 2. The third-order valence-corrected chi connectivity index (χ3v) is 16.8. The highest BCUT2D eigenvalue weighted by Gasteiger charge is 2.47. The van der Waals surface area contributed by atoms with Crippen LogP contribution in [-0.4, -0.2) is 85.9 Å². The van der Waals surface area contributed by atoms with E-state index in [0.29, 0.717) is 23.0 Å². The zero-order chi connectivity index (χ0) is 48.6. The van der Waals surface area contributed by atoms with Crippen molar-refractivity contribution in [3.63, 3.8) is 0 Å². The van der Waals surface area contributed by atoms with Gasteiger partial charge in [0.2, 0.25) is 5.95 Å². The van der Waals surface area contributed by atoms with Gasteiger partial charge in [-0.25, -0.2) is 4.98 Å². The van der Waals surface area contributed by atoms with Crippen molar-refractivity contribution < 1.29 is 42.4 Å². The first-order chi connectivity index (χ1) is 33.3. The van der Waals surface area contributed by atoms with Gasteiger partial charge in [-0.1, -0.05) is 112 Å². The van der Waals surface area contributed by atoms with Gasteiger partial charge in [0.25, 0.3) is 11.8 Å². The van der Waals surface area contributed by atoms with Crippen LogP contribution in [0.25, 0.3) is 11.2 Å².